The lowest BCUT2D eigenvalue weighted by Gasteiger charge is -2.42. The summed E-state index contributed by atoms with van der Waals surface area (Å²) in [5.74, 6) is -0.590. The number of rotatable bonds is 8. The summed E-state index contributed by atoms with van der Waals surface area (Å²) in [6.45, 7) is 1.98. The van der Waals surface area contributed by atoms with Crippen molar-refractivity contribution in [1.29, 1.82) is 0 Å². The summed E-state index contributed by atoms with van der Waals surface area (Å²) in [5, 5.41) is 13.0. The molecule has 3 aromatic carbocycles. The molecule has 3 aromatic rings. The molecule has 0 spiro atoms. The van der Waals surface area contributed by atoms with Crippen LogP contribution in [0, 0.1) is 0 Å². The summed E-state index contributed by atoms with van der Waals surface area (Å²) in [5.41, 5.74) is 2.10. The van der Waals surface area contributed by atoms with E-state index in [1.807, 2.05) is 6.07 Å². The molecule has 1 aliphatic heterocycles. The van der Waals surface area contributed by atoms with Gasteiger partial charge in [-0.25, -0.2) is 18.0 Å². The summed E-state index contributed by atoms with van der Waals surface area (Å²) < 4.78 is 33.5. The van der Waals surface area contributed by atoms with Gasteiger partial charge in [-0.2, -0.15) is 0 Å². The number of ether oxygens (including phenoxy) is 1. The van der Waals surface area contributed by atoms with Crippen molar-refractivity contribution in [3.63, 3.8) is 0 Å². The first-order valence-corrected chi connectivity index (χ1v) is 15.6. The van der Waals surface area contributed by atoms with Crippen LogP contribution in [-0.2, 0) is 32.4 Å². The topological polar surface area (TPSA) is 113 Å². The third-order valence-electron chi connectivity index (χ3n) is 8.10. The van der Waals surface area contributed by atoms with Gasteiger partial charge in [0.15, 0.2) is 9.84 Å². The lowest BCUT2D eigenvalue weighted by Crippen LogP contribution is -2.55. The monoisotopic (exact) mass is 616 g/mol. The Bertz CT molecular complexity index is 1560. The first-order chi connectivity index (χ1) is 19.6. The zero-order valence-corrected chi connectivity index (χ0v) is 24.7. The van der Waals surface area contributed by atoms with Crippen LogP contribution in [0.2, 0.25) is 10.0 Å². The fourth-order valence-corrected chi connectivity index (χ4v) is 8.94. The van der Waals surface area contributed by atoms with Crippen LogP contribution in [-0.4, -0.2) is 49.1 Å². The Labute approximate surface area is 249 Å². The number of likely N-dealkylation sites (tertiary alicyclic amines) is 1. The zero-order valence-electron chi connectivity index (χ0n) is 22.3. The number of nitrogens with zero attached hydrogens (tertiary/aromatic N) is 1. The number of hydrogen-bond acceptors (Lipinski definition) is 5. The molecule has 0 radical (unpaired) electrons. The van der Waals surface area contributed by atoms with Crippen molar-refractivity contribution in [2.75, 3.05) is 6.54 Å². The van der Waals surface area contributed by atoms with Gasteiger partial charge >= 0.3 is 12.0 Å². The van der Waals surface area contributed by atoms with Crippen LogP contribution in [0.3, 0.4) is 0 Å². The second kappa shape index (κ2) is 11.5. The predicted molar refractivity (Wildman–Crippen MR) is 156 cm³/mol. The molecule has 5 rings (SSSR count). The lowest BCUT2D eigenvalue weighted by atomic mass is 9.78. The number of sulfone groups is 1. The average Bonchev–Trinajstić information content (AvgIpc) is 3.37. The summed E-state index contributed by atoms with van der Waals surface area (Å²) >= 11 is 12.6. The molecule has 11 heteroatoms. The molecule has 3 atom stereocenters. The SMILES string of the molecule is CCC(NC(=O)N1CC[C@@]2(S(=O)(=O)c3ccccc3)c3ccc(OCc4c(Cl)cccc4Cl)cc3CC[C@@H]12)C(=O)O. The Morgan fingerprint density at radius 3 is 2.46 bits per heavy atom. The number of carbonyl (C=O) groups excluding carboxylic acids is 1. The highest BCUT2D eigenvalue weighted by molar-refractivity contribution is 7.92. The van der Waals surface area contributed by atoms with Gasteiger partial charge < -0.3 is 20.1 Å². The van der Waals surface area contributed by atoms with E-state index < -0.39 is 38.7 Å². The highest BCUT2D eigenvalue weighted by atomic mass is 35.5. The van der Waals surface area contributed by atoms with E-state index in [9.17, 15) is 23.1 Å². The second-order valence-electron chi connectivity index (χ2n) is 10.3. The quantitative estimate of drug-likeness (QED) is 0.329. The van der Waals surface area contributed by atoms with Crippen LogP contribution < -0.4 is 10.1 Å². The van der Waals surface area contributed by atoms with E-state index in [1.165, 1.54) is 4.90 Å². The maximum atomic E-state index is 14.5. The molecule has 216 valence electrons. The molecule has 2 aliphatic rings. The molecular weight excluding hydrogens is 587 g/mol. The van der Waals surface area contributed by atoms with Crippen LogP contribution in [0.4, 0.5) is 4.79 Å². The largest absolute Gasteiger partial charge is 0.489 e. The normalized spacial score (nSPS) is 20.6. The third kappa shape index (κ3) is 5.15. The molecule has 1 saturated heterocycles. The highest BCUT2D eigenvalue weighted by Crippen LogP contribution is 2.53. The number of fused-ring (bicyclic) bond motifs is 3. The van der Waals surface area contributed by atoms with E-state index in [-0.39, 0.29) is 30.9 Å². The van der Waals surface area contributed by atoms with Gasteiger partial charge in [-0.15, -0.1) is 0 Å². The molecular formula is C30H30Cl2N2O6S. The molecule has 41 heavy (non-hydrogen) atoms. The fraction of sp³-hybridized carbons (Fsp3) is 0.333. The van der Waals surface area contributed by atoms with E-state index in [0.29, 0.717) is 39.8 Å². The van der Waals surface area contributed by atoms with Gasteiger partial charge in [-0.3, -0.25) is 0 Å². The zero-order chi connectivity index (χ0) is 29.4. The predicted octanol–water partition coefficient (Wildman–Crippen LogP) is 5.83. The standard InChI is InChI=1S/C30H30Cl2N2O6S/c1-2-26(28(35)36)33-29(37)34-16-15-30(41(38,39)21-7-4-3-5-8-21)23-13-12-20(17-19(23)11-14-27(30)34)40-18-22-24(31)9-6-10-25(22)32/h3-10,12-13,17,26-27H,2,11,14-16,18H2,1H3,(H,33,37)(H,35,36)/t26?,27-,30-/m1/s1. The molecule has 8 nitrogen and oxygen atoms in total. The Morgan fingerprint density at radius 1 is 1.10 bits per heavy atom. The Morgan fingerprint density at radius 2 is 1.80 bits per heavy atom. The van der Waals surface area contributed by atoms with Crippen molar-refractivity contribution < 1.29 is 27.9 Å². The summed E-state index contributed by atoms with van der Waals surface area (Å²) in [7, 11) is -3.98. The van der Waals surface area contributed by atoms with Crippen molar-refractivity contribution in [2.45, 2.75) is 60.9 Å². The van der Waals surface area contributed by atoms with E-state index >= 15 is 0 Å². The number of aliphatic carboxylic acids is 1. The van der Waals surface area contributed by atoms with Crippen molar-refractivity contribution in [2.24, 2.45) is 0 Å². The number of nitrogens with one attached hydrogen (secondary N) is 1. The number of benzene rings is 3. The molecule has 0 bridgehead atoms. The van der Waals surface area contributed by atoms with Gasteiger partial charge in [0.2, 0.25) is 0 Å². The molecule has 1 unspecified atom stereocenters. The summed E-state index contributed by atoms with van der Waals surface area (Å²) in [6.07, 6.45) is 1.28. The van der Waals surface area contributed by atoms with Crippen molar-refractivity contribution in [3.05, 3.63) is 93.5 Å². The minimum absolute atomic E-state index is 0.142. The summed E-state index contributed by atoms with van der Waals surface area (Å²) in [6, 6.07) is 16.5. The van der Waals surface area contributed by atoms with Gasteiger partial charge in [-0.05, 0) is 73.2 Å². The number of carbonyl (C=O) groups is 2. The fourth-order valence-electron chi connectivity index (χ4n) is 6.04. The maximum Gasteiger partial charge on any atom is 0.326 e. The molecule has 1 aliphatic carbocycles. The molecule has 2 N–H and O–H groups in total. The van der Waals surface area contributed by atoms with Gasteiger partial charge in [-0.1, -0.05) is 60.5 Å². The number of urea groups is 1. The maximum absolute atomic E-state index is 14.5. The first-order valence-electron chi connectivity index (χ1n) is 13.4. The molecule has 0 aromatic heterocycles. The minimum Gasteiger partial charge on any atom is -0.489 e. The van der Waals surface area contributed by atoms with Gasteiger partial charge in [0.05, 0.1) is 10.9 Å². The third-order valence-corrected chi connectivity index (χ3v) is 11.4. The smallest absolute Gasteiger partial charge is 0.326 e. The number of amides is 2. The average molecular weight is 618 g/mol. The second-order valence-corrected chi connectivity index (χ2v) is 13.3. The first kappa shape index (κ1) is 29.2. The van der Waals surface area contributed by atoms with E-state index in [2.05, 4.69) is 5.32 Å². The molecule has 2 amide bonds. The van der Waals surface area contributed by atoms with Crippen LogP contribution in [0.15, 0.2) is 71.6 Å². The van der Waals surface area contributed by atoms with Gasteiger partial charge in [0.1, 0.15) is 23.1 Å². The molecule has 0 saturated carbocycles. The molecule has 1 heterocycles. The number of hydrogen-bond donors (Lipinski definition) is 2. The van der Waals surface area contributed by atoms with Crippen LogP contribution in [0.1, 0.15) is 42.9 Å². The van der Waals surface area contributed by atoms with Crippen LogP contribution >= 0.6 is 23.2 Å². The minimum atomic E-state index is -3.98. The van der Waals surface area contributed by atoms with E-state index in [1.54, 1.807) is 67.6 Å². The Kier molecular flexibility index (Phi) is 8.23. The number of carboxylic acid groups (broad SMARTS) is 1. The lowest BCUT2D eigenvalue weighted by molar-refractivity contribution is -0.139. The molecule has 1 fully saturated rings. The van der Waals surface area contributed by atoms with Gasteiger partial charge in [0, 0.05) is 22.2 Å². The Balaban J connectivity index is 1.53. The van der Waals surface area contributed by atoms with E-state index in [0.717, 1.165) is 5.56 Å². The summed E-state index contributed by atoms with van der Waals surface area (Å²) in [4.78, 5) is 26.6. The van der Waals surface area contributed by atoms with Crippen molar-refractivity contribution in [1.82, 2.24) is 10.2 Å². The van der Waals surface area contributed by atoms with Crippen LogP contribution in [0.25, 0.3) is 0 Å². The Hall–Kier alpha value is -3.27. The van der Waals surface area contributed by atoms with E-state index in [4.69, 9.17) is 27.9 Å². The van der Waals surface area contributed by atoms with Gasteiger partial charge in [0.25, 0.3) is 0 Å². The highest BCUT2D eigenvalue weighted by Gasteiger charge is 2.61. The number of halogens is 2. The number of carboxylic acids is 1. The van der Waals surface area contributed by atoms with Crippen LogP contribution in [0.5, 0.6) is 5.75 Å². The van der Waals surface area contributed by atoms with Crippen molar-refractivity contribution >= 4 is 45.0 Å². The van der Waals surface area contributed by atoms with Crippen molar-refractivity contribution in [3.8, 4) is 5.75 Å². The number of aryl methyl sites for hydroxylation is 1.